The molecule has 0 radical (unpaired) electrons. The molecule has 108 valence electrons. The molecule has 2 aliphatic heterocycles. The van der Waals surface area contributed by atoms with Gasteiger partial charge in [-0.05, 0) is 31.0 Å². The molecule has 3 nitrogen and oxygen atoms in total. The second-order valence-electron chi connectivity index (χ2n) is 5.88. The number of para-hydroxylation sites is 2. The number of ether oxygens (including phenoxy) is 1. The predicted octanol–water partition coefficient (Wildman–Crippen LogP) is 3.44. The van der Waals surface area contributed by atoms with Gasteiger partial charge in [-0.1, -0.05) is 30.3 Å². The van der Waals surface area contributed by atoms with Gasteiger partial charge in [0.1, 0.15) is 12.4 Å². The zero-order valence-corrected chi connectivity index (χ0v) is 12.3. The van der Waals surface area contributed by atoms with Crippen molar-refractivity contribution in [2.75, 3.05) is 23.4 Å². The fourth-order valence-electron chi connectivity index (χ4n) is 3.41. The van der Waals surface area contributed by atoms with Crippen molar-refractivity contribution in [3.8, 4) is 5.75 Å². The quantitative estimate of drug-likeness (QED) is 0.912. The first kappa shape index (κ1) is 12.6. The molecule has 0 saturated heterocycles. The minimum atomic E-state index is 0.537. The molecule has 1 unspecified atom stereocenters. The van der Waals surface area contributed by atoms with Crippen LogP contribution in [0.5, 0.6) is 5.75 Å². The van der Waals surface area contributed by atoms with Crippen LogP contribution in [0, 0.1) is 0 Å². The summed E-state index contributed by atoms with van der Waals surface area (Å²) in [5, 5.41) is 3.41. The number of anilines is 2. The maximum absolute atomic E-state index is 5.90. The summed E-state index contributed by atoms with van der Waals surface area (Å²) in [5.74, 6) is 1.03. The minimum absolute atomic E-state index is 0.537. The molecule has 1 N–H and O–H groups in total. The van der Waals surface area contributed by atoms with Crippen molar-refractivity contribution >= 4 is 11.4 Å². The average molecular weight is 280 g/mol. The third-order valence-electron chi connectivity index (χ3n) is 4.45. The van der Waals surface area contributed by atoms with E-state index in [0.717, 1.165) is 37.6 Å². The van der Waals surface area contributed by atoms with Crippen LogP contribution in [0.25, 0.3) is 0 Å². The van der Waals surface area contributed by atoms with Crippen molar-refractivity contribution < 1.29 is 4.74 Å². The Kier molecular flexibility index (Phi) is 2.99. The number of hydrogen-bond donors (Lipinski definition) is 1. The van der Waals surface area contributed by atoms with Crippen LogP contribution in [0.2, 0.25) is 0 Å². The van der Waals surface area contributed by atoms with Crippen molar-refractivity contribution in [3.05, 3.63) is 53.6 Å². The van der Waals surface area contributed by atoms with Crippen LogP contribution < -0.4 is 15.0 Å². The number of benzene rings is 2. The summed E-state index contributed by atoms with van der Waals surface area (Å²) in [6.07, 6.45) is 1.13. The molecule has 0 fully saturated rings. The Bertz CT molecular complexity index is 668. The summed E-state index contributed by atoms with van der Waals surface area (Å²) in [6.45, 7) is 4.84. The van der Waals surface area contributed by atoms with Crippen LogP contribution in [0.3, 0.4) is 0 Å². The lowest BCUT2D eigenvalue weighted by Crippen LogP contribution is -2.29. The first-order valence-corrected chi connectivity index (χ1v) is 7.66. The van der Waals surface area contributed by atoms with Crippen molar-refractivity contribution in [1.82, 2.24) is 0 Å². The number of nitrogens with zero attached hydrogens (tertiary/aromatic N) is 1. The van der Waals surface area contributed by atoms with Crippen molar-refractivity contribution in [2.24, 2.45) is 0 Å². The minimum Gasteiger partial charge on any atom is -0.489 e. The Balaban J connectivity index is 1.68. The molecule has 0 aliphatic carbocycles. The topological polar surface area (TPSA) is 24.5 Å². The Morgan fingerprint density at radius 3 is 3.05 bits per heavy atom. The maximum atomic E-state index is 5.90. The normalized spacial score (nSPS) is 19.5. The Morgan fingerprint density at radius 1 is 1.19 bits per heavy atom. The Morgan fingerprint density at radius 2 is 2.10 bits per heavy atom. The van der Waals surface area contributed by atoms with Gasteiger partial charge >= 0.3 is 0 Å². The molecule has 0 spiro atoms. The summed E-state index contributed by atoms with van der Waals surface area (Å²) in [6, 6.07) is 15.7. The molecule has 2 aliphatic rings. The summed E-state index contributed by atoms with van der Waals surface area (Å²) < 4.78 is 5.90. The van der Waals surface area contributed by atoms with Crippen molar-refractivity contribution in [2.45, 2.75) is 25.9 Å². The summed E-state index contributed by atoms with van der Waals surface area (Å²) in [4.78, 5) is 2.49. The van der Waals surface area contributed by atoms with E-state index in [1.165, 1.54) is 16.8 Å². The fraction of sp³-hybridized carbons (Fsp3) is 0.333. The van der Waals surface area contributed by atoms with Gasteiger partial charge in [0, 0.05) is 30.4 Å². The van der Waals surface area contributed by atoms with Crippen LogP contribution >= 0.6 is 0 Å². The zero-order chi connectivity index (χ0) is 14.2. The first-order chi connectivity index (χ1) is 10.3. The van der Waals surface area contributed by atoms with Crippen molar-refractivity contribution in [1.29, 1.82) is 0 Å². The van der Waals surface area contributed by atoms with E-state index < -0.39 is 0 Å². The molecule has 2 aromatic carbocycles. The highest BCUT2D eigenvalue weighted by Crippen LogP contribution is 2.37. The predicted molar refractivity (Wildman–Crippen MR) is 86.2 cm³/mol. The van der Waals surface area contributed by atoms with Gasteiger partial charge < -0.3 is 15.0 Å². The molecule has 21 heavy (non-hydrogen) atoms. The molecule has 0 amide bonds. The molecule has 0 bridgehead atoms. The standard InChI is InChI=1S/C18H20N2O/c1-13-11-14-5-2-3-8-17(14)20(13)12-15-6-4-7-16-18(15)21-10-9-19-16/h2-8,13,19H,9-12H2,1H3. The average Bonchev–Trinajstić information content (AvgIpc) is 2.84. The summed E-state index contributed by atoms with van der Waals surface area (Å²) in [7, 11) is 0. The number of rotatable bonds is 2. The molecular weight excluding hydrogens is 260 g/mol. The van der Waals surface area contributed by atoms with Crippen LogP contribution in [0.1, 0.15) is 18.1 Å². The molecule has 4 rings (SSSR count). The second kappa shape index (κ2) is 4.99. The Hall–Kier alpha value is -2.16. The lowest BCUT2D eigenvalue weighted by atomic mass is 10.1. The Labute approximate surface area is 125 Å². The molecular formula is C18H20N2O. The van der Waals surface area contributed by atoms with Gasteiger partial charge in [-0.25, -0.2) is 0 Å². The van der Waals surface area contributed by atoms with E-state index >= 15 is 0 Å². The highest BCUT2D eigenvalue weighted by atomic mass is 16.5. The van der Waals surface area contributed by atoms with Gasteiger partial charge in [0.2, 0.25) is 0 Å². The summed E-state index contributed by atoms with van der Waals surface area (Å²) in [5.41, 5.74) is 5.21. The van der Waals surface area contributed by atoms with Gasteiger partial charge in [-0.15, -0.1) is 0 Å². The lowest BCUT2D eigenvalue weighted by Gasteiger charge is -2.28. The van der Waals surface area contributed by atoms with Crippen LogP contribution in [-0.4, -0.2) is 19.2 Å². The van der Waals surface area contributed by atoms with E-state index in [9.17, 15) is 0 Å². The fourth-order valence-corrected chi connectivity index (χ4v) is 3.41. The smallest absolute Gasteiger partial charge is 0.147 e. The van der Waals surface area contributed by atoms with Crippen molar-refractivity contribution in [3.63, 3.8) is 0 Å². The molecule has 2 heterocycles. The number of hydrogen-bond acceptors (Lipinski definition) is 3. The third kappa shape index (κ3) is 2.13. The maximum Gasteiger partial charge on any atom is 0.147 e. The first-order valence-electron chi connectivity index (χ1n) is 7.66. The molecule has 2 aromatic rings. The van der Waals surface area contributed by atoms with E-state index in [1.807, 2.05) is 0 Å². The van der Waals surface area contributed by atoms with Gasteiger partial charge in [-0.3, -0.25) is 0 Å². The van der Waals surface area contributed by atoms with Crippen LogP contribution in [0.15, 0.2) is 42.5 Å². The molecule has 0 aromatic heterocycles. The van der Waals surface area contributed by atoms with Crippen LogP contribution in [-0.2, 0) is 13.0 Å². The third-order valence-corrected chi connectivity index (χ3v) is 4.45. The number of fused-ring (bicyclic) bond motifs is 2. The largest absolute Gasteiger partial charge is 0.489 e. The van der Waals surface area contributed by atoms with Gasteiger partial charge in [0.25, 0.3) is 0 Å². The summed E-state index contributed by atoms with van der Waals surface area (Å²) >= 11 is 0. The van der Waals surface area contributed by atoms with Crippen LogP contribution in [0.4, 0.5) is 11.4 Å². The zero-order valence-electron chi connectivity index (χ0n) is 12.3. The monoisotopic (exact) mass is 280 g/mol. The van der Waals surface area contributed by atoms with Gasteiger partial charge in [-0.2, -0.15) is 0 Å². The lowest BCUT2D eigenvalue weighted by molar-refractivity contribution is 0.319. The molecule has 0 saturated carbocycles. The van der Waals surface area contributed by atoms with E-state index in [2.05, 4.69) is 59.6 Å². The highest BCUT2D eigenvalue weighted by Gasteiger charge is 2.27. The SMILES string of the molecule is CC1Cc2ccccc2N1Cc1cccc2c1OCCN2. The molecule has 1 atom stereocenters. The second-order valence-corrected chi connectivity index (χ2v) is 5.88. The highest BCUT2D eigenvalue weighted by molar-refractivity contribution is 5.64. The van der Waals surface area contributed by atoms with E-state index in [1.54, 1.807) is 0 Å². The molecule has 3 heteroatoms. The van der Waals surface area contributed by atoms with Gasteiger partial charge in [0.15, 0.2) is 0 Å². The van der Waals surface area contributed by atoms with Gasteiger partial charge in [0.05, 0.1) is 5.69 Å². The van der Waals surface area contributed by atoms with E-state index in [0.29, 0.717) is 6.04 Å². The van der Waals surface area contributed by atoms with E-state index in [-0.39, 0.29) is 0 Å². The van der Waals surface area contributed by atoms with E-state index in [4.69, 9.17) is 4.74 Å². The number of nitrogens with one attached hydrogen (secondary N) is 1.